The maximum Gasteiger partial charge on any atom is 0.311 e. The second kappa shape index (κ2) is 15.9. The van der Waals surface area contributed by atoms with Crippen LogP contribution in [0, 0.1) is 38.4 Å². The third-order valence-electron chi connectivity index (χ3n) is 7.81. The number of nitrogens with one attached hydrogen (secondary N) is 1. The number of ketones is 1. The normalized spacial score (nSPS) is 14.2. The van der Waals surface area contributed by atoms with E-state index >= 15 is 0 Å². The highest BCUT2D eigenvalue weighted by Gasteiger charge is 2.40. The fourth-order valence-electron chi connectivity index (χ4n) is 5.97. The van der Waals surface area contributed by atoms with E-state index in [-0.39, 0.29) is 67.8 Å². The topological polar surface area (TPSA) is 119 Å². The Morgan fingerprint density at radius 3 is 1.72 bits per heavy atom. The number of hydrogen-bond acceptors (Lipinski definition) is 7. The van der Waals surface area contributed by atoms with Crippen molar-refractivity contribution in [2.24, 2.45) is 38.4 Å². The maximum atomic E-state index is 13.7. The van der Waals surface area contributed by atoms with Gasteiger partial charge in [0.25, 0.3) is 0 Å². The quantitative estimate of drug-likeness (QED) is 0.120. The zero-order chi connectivity index (χ0) is 34.1. The first-order valence-electron chi connectivity index (χ1n) is 15.9. The first kappa shape index (κ1) is 41.0. The van der Waals surface area contributed by atoms with Crippen molar-refractivity contribution in [1.29, 1.82) is 0 Å². The van der Waals surface area contributed by atoms with Gasteiger partial charge < -0.3 is 19.9 Å². The van der Waals surface area contributed by atoms with E-state index in [0.717, 1.165) is 6.42 Å². The second-order valence-corrected chi connectivity index (χ2v) is 17.6. The van der Waals surface area contributed by atoms with Crippen molar-refractivity contribution in [2.45, 2.75) is 135 Å². The average Bonchev–Trinajstić information content (AvgIpc) is 2.80. The lowest BCUT2D eigenvalue weighted by Crippen LogP contribution is -2.42. The van der Waals surface area contributed by atoms with Gasteiger partial charge in [-0.2, -0.15) is 0 Å². The molecule has 0 aliphatic carbocycles. The SMILES string of the molecule is CCC(C)(C)CC(=O)OCC(C)(C)CC(C(=O)CC(C)(C)CC(C)(C)COC(=O)C(C)(C)CC(C)(C)C)C(=O)NCCO. The minimum atomic E-state index is -0.953. The van der Waals surface area contributed by atoms with Crippen LogP contribution in [0.3, 0.4) is 0 Å². The molecule has 0 aromatic rings. The van der Waals surface area contributed by atoms with Gasteiger partial charge in [-0.15, -0.1) is 0 Å². The molecule has 1 unspecified atom stereocenters. The van der Waals surface area contributed by atoms with E-state index in [2.05, 4.69) is 26.1 Å². The van der Waals surface area contributed by atoms with Gasteiger partial charge in [0.2, 0.25) is 5.91 Å². The summed E-state index contributed by atoms with van der Waals surface area (Å²) >= 11 is 0. The molecular weight excluding hydrogens is 546 g/mol. The molecule has 0 aliphatic rings. The Morgan fingerprint density at radius 2 is 1.23 bits per heavy atom. The van der Waals surface area contributed by atoms with Gasteiger partial charge in [-0.25, -0.2) is 0 Å². The number of ether oxygens (including phenoxy) is 2. The van der Waals surface area contributed by atoms with Crippen molar-refractivity contribution in [3.8, 4) is 0 Å². The number of Topliss-reactive ketones (excluding diaryl/α,β-unsaturated/α-hetero) is 1. The van der Waals surface area contributed by atoms with Crippen LogP contribution < -0.4 is 5.32 Å². The number of carbonyl (C=O) groups excluding carboxylic acids is 4. The van der Waals surface area contributed by atoms with Gasteiger partial charge in [-0.1, -0.05) is 89.5 Å². The highest BCUT2D eigenvalue weighted by atomic mass is 16.5. The molecule has 0 aliphatic heterocycles. The van der Waals surface area contributed by atoms with Crippen molar-refractivity contribution >= 4 is 23.6 Å². The third-order valence-corrected chi connectivity index (χ3v) is 7.81. The van der Waals surface area contributed by atoms with Crippen LogP contribution in [0.4, 0.5) is 0 Å². The summed E-state index contributed by atoms with van der Waals surface area (Å²) < 4.78 is 11.4. The van der Waals surface area contributed by atoms with E-state index in [9.17, 15) is 24.3 Å². The van der Waals surface area contributed by atoms with Crippen LogP contribution >= 0.6 is 0 Å². The zero-order valence-electron chi connectivity index (χ0n) is 30.0. The number of hydrogen-bond donors (Lipinski definition) is 2. The Bertz CT molecular complexity index is 938. The lowest BCUT2D eigenvalue weighted by molar-refractivity contribution is -0.159. The van der Waals surface area contributed by atoms with Gasteiger partial charge in [0.05, 0.1) is 37.6 Å². The van der Waals surface area contributed by atoms with Crippen LogP contribution in [-0.2, 0) is 28.7 Å². The van der Waals surface area contributed by atoms with Gasteiger partial charge in [-0.05, 0) is 54.8 Å². The van der Waals surface area contributed by atoms with E-state index in [1.807, 2.05) is 76.2 Å². The smallest absolute Gasteiger partial charge is 0.311 e. The highest BCUT2D eigenvalue weighted by molar-refractivity contribution is 6.01. The van der Waals surface area contributed by atoms with E-state index in [1.165, 1.54) is 0 Å². The number of carbonyl (C=O) groups is 4. The monoisotopic (exact) mass is 611 g/mol. The Balaban J connectivity index is 5.54. The zero-order valence-corrected chi connectivity index (χ0v) is 30.0. The van der Waals surface area contributed by atoms with Crippen molar-refractivity contribution < 1.29 is 33.8 Å². The minimum absolute atomic E-state index is 0.0113. The summed E-state index contributed by atoms with van der Waals surface area (Å²) in [6.45, 7) is 28.1. The molecule has 43 heavy (non-hydrogen) atoms. The fraction of sp³-hybridized carbons (Fsp3) is 0.886. The van der Waals surface area contributed by atoms with Crippen LogP contribution in [0.5, 0.6) is 0 Å². The van der Waals surface area contributed by atoms with E-state index < -0.39 is 33.5 Å². The van der Waals surface area contributed by atoms with Gasteiger partial charge in [-0.3, -0.25) is 19.2 Å². The predicted molar refractivity (Wildman–Crippen MR) is 172 cm³/mol. The van der Waals surface area contributed by atoms with Gasteiger partial charge in [0.1, 0.15) is 5.78 Å². The molecule has 0 saturated heterocycles. The largest absolute Gasteiger partial charge is 0.465 e. The van der Waals surface area contributed by atoms with Crippen LogP contribution in [0.25, 0.3) is 0 Å². The van der Waals surface area contributed by atoms with Crippen LogP contribution in [-0.4, -0.2) is 55.1 Å². The molecule has 0 aromatic carbocycles. The van der Waals surface area contributed by atoms with Gasteiger partial charge in [0.15, 0.2) is 0 Å². The molecule has 1 amide bonds. The lowest BCUT2D eigenvalue weighted by Gasteiger charge is -2.37. The molecule has 0 spiro atoms. The summed E-state index contributed by atoms with van der Waals surface area (Å²) in [6.07, 6.45) is 2.79. The predicted octanol–water partition coefficient (Wildman–Crippen LogP) is 6.90. The maximum absolute atomic E-state index is 13.7. The van der Waals surface area contributed by atoms with Crippen molar-refractivity contribution in [3.05, 3.63) is 0 Å². The van der Waals surface area contributed by atoms with Crippen molar-refractivity contribution in [1.82, 2.24) is 5.32 Å². The second-order valence-electron chi connectivity index (χ2n) is 17.6. The number of esters is 2. The van der Waals surface area contributed by atoms with Gasteiger partial charge in [0, 0.05) is 18.4 Å². The fourth-order valence-corrected chi connectivity index (χ4v) is 5.97. The number of aliphatic hydroxyl groups is 1. The number of aliphatic hydroxyl groups excluding tert-OH is 1. The van der Waals surface area contributed by atoms with E-state index in [4.69, 9.17) is 9.47 Å². The molecule has 0 fully saturated rings. The molecule has 0 rings (SSSR count). The van der Waals surface area contributed by atoms with Crippen LogP contribution in [0.1, 0.15) is 135 Å². The van der Waals surface area contributed by atoms with Crippen LogP contribution in [0.15, 0.2) is 0 Å². The van der Waals surface area contributed by atoms with Crippen molar-refractivity contribution in [2.75, 3.05) is 26.4 Å². The Morgan fingerprint density at radius 1 is 0.698 bits per heavy atom. The van der Waals surface area contributed by atoms with E-state index in [0.29, 0.717) is 19.3 Å². The molecule has 0 heterocycles. The van der Waals surface area contributed by atoms with Crippen LogP contribution in [0.2, 0.25) is 0 Å². The summed E-state index contributed by atoms with van der Waals surface area (Å²) in [7, 11) is 0. The summed E-state index contributed by atoms with van der Waals surface area (Å²) in [5, 5.41) is 11.9. The lowest BCUT2D eigenvalue weighted by atomic mass is 9.70. The third kappa shape index (κ3) is 17.2. The summed E-state index contributed by atoms with van der Waals surface area (Å²) in [5.41, 5.74) is -2.28. The minimum Gasteiger partial charge on any atom is -0.465 e. The summed E-state index contributed by atoms with van der Waals surface area (Å²) in [4.78, 5) is 52.2. The molecule has 2 N–H and O–H groups in total. The first-order chi connectivity index (χ1) is 19.2. The molecule has 0 bridgehead atoms. The average molecular weight is 612 g/mol. The Hall–Kier alpha value is -1.96. The van der Waals surface area contributed by atoms with Crippen molar-refractivity contribution in [3.63, 3.8) is 0 Å². The molecule has 1 atom stereocenters. The standard InChI is InChI=1S/C35H65NO7/c1-15-31(5,6)20-27(39)42-23-33(9,10)18-25(28(40)36-16-17-37)26(38)19-32(7,8)22-34(11,12)24-43-29(41)35(13,14)21-30(2,3)4/h25,37H,15-24H2,1-14H3,(H,36,40). The summed E-state index contributed by atoms with van der Waals surface area (Å²) in [6, 6.07) is 0. The molecule has 252 valence electrons. The molecule has 0 aromatic heterocycles. The van der Waals surface area contributed by atoms with Gasteiger partial charge >= 0.3 is 11.9 Å². The number of rotatable bonds is 19. The first-order valence-corrected chi connectivity index (χ1v) is 15.9. The molecule has 0 radical (unpaired) electrons. The molecule has 8 heteroatoms. The molecule has 0 saturated carbocycles. The highest BCUT2D eigenvalue weighted by Crippen LogP contribution is 2.40. The Labute approximate surface area is 262 Å². The van der Waals surface area contributed by atoms with E-state index in [1.54, 1.807) is 0 Å². The Kier molecular flexibility index (Phi) is 15.1. The number of amides is 1. The molecule has 8 nitrogen and oxygen atoms in total. The summed E-state index contributed by atoms with van der Waals surface area (Å²) in [5.74, 6) is -2.11. The molecular formula is C35H65NO7.